The molecule has 0 aromatic heterocycles. The highest BCUT2D eigenvalue weighted by Crippen LogP contribution is 2.44. The summed E-state index contributed by atoms with van der Waals surface area (Å²) < 4.78 is 5.39. The molecule has 24 heavy (non-hydrogen) atoms. The third kappa shape index (κ3) is 4.19. The molecule has 0 fully saturated rings. The summed E-state index contributed by atoms with van der Waals surface area (Å²) in [6, 6.07) is 0.337. The monoisotopic (exact) mass is 350 g/mol. The van der Waals surface area contributed by atoms with Crippen LogP contribution in [0.3, 0.4) is 0 Å². The van der Waals surface area contributed by atoms with E-state index in [0.29, 0.717) is 12.6 Å². The summed E-state index contributed by atoms with van der Waals surface area (Å²) in [5.74, 6) is 0.845. The van der Waals surface area contributed by atoms with E-state index in [1.54, 1.807) is 0 Å². The van der Waals surface area contributed by atoms with Gasteiger partial charge in [-0.15, -0.1) is 11.8 Å². The van der Waals surface area contributed by atoms with Gasteiger partial charge in [0.2, 0.25) is 0 Å². The van der Waals surface area contributed by atoms with Crippen LogP contribution in [0, 0.1) is 5.41 Å². The molecular weight excluding hydrogens is 320 g/mol. The van der Waals surface area contributed by atoms with E-state index >= 15 is 0 Å². The van der Waals surface area contributed by atoms with Crippen LogP contribution in [0.5, 0.6) is 0 Å². The average Bonchev–Trinajstić information content (AvgIpc) is 2.54. The van der Waals surface area contributed by atoms with E-state index < -0.39 is 6.29 Å². The Morgan fingerprint density at radius 2 is 2.33 bits per heavy atom. The largest absolute Gasteiger partial charge is 0.381 e. The molecule has 1 aliphatic heterocycles. The molecule has 1 heterocycles. The van der Waals surface area contributed by atoms with Crippen LogP contribution in [0.25, 0.3) is 0 Å². The van der Waals surface area contributed by atoms with Gasteiger partial charge in [-0.1, -0.05) is 26.0 Å². The summed E-state index contributed by atoms with van der Waals surface area (Å²) >= 11 is 1.88. The fraction of sp³-hybridized carbons (Fsp3) is 0.684. The normalized spacial score (nSPS) is 30.2. The van der Waals surface area contributed by atoms with Gasteiger partial charge in [-0.05, 0) is 44.1 Å². The van der Waals surface area contributed by atoms with Gasteiger partial charge in [-0.25, -0.2) is 0 Å². The highest BCUT2D eigenvalue weighted by molar-refractivity contribution is 8.03. The van der Waals surface area contributed by atoms with Crippen molar-refractivity contribution < 1.29 is 9.84 Å². The molecule has 0 aromatic rings. The Hall–Kier alpha value is -0.910. The van der Waals surface area contributed by atoms with Crippen LogP contribution in [0.2, 0.25) is 0 Å². The molecule has 3 rings (SSSR count). The molecule has 0 saturated carbocycles. The summed E-state index contributed by atoms with van der Waals surface area (Å²) in [5, 5.41) is 17.5. The van der Waals surface area contributed by atoms with Crippen molar-refractivity contribution in [3.8, 4) is 0 Å². The van der Waals surface area contributed by atoms with E-state index in [1.807, 2.05) is 18.7 Å². The number of rotatable bonds is 5. The van der Waals surface area contributed by atoms with Crippen molar-refractivity contribution in [2.24, 2.45) is 5.41 Å². The molecule has 134 valence electrons. The van der Waals surface area contributed by atoms with Crippen LogP contribution in [-0.2, 0) is 4.74 Å². The van der Waals surface area contributed by atoms with Crippen LogP contribution in [0.4, 0.5) is 0 Å². The number of aliphatic hydroxyl groups is 1. The first kappa shape index (κ1) is 17.9. The summed E-state index contributed by atoms with van der Waals surface area (Å²) in [4.78, 5) is 1.42. The van der Waals surface area contributed by atoms with E-state index in [9.17, 15) is 5.11 Å². The Bertz CT molecular complexity index is 554. The SMILES string of the molecule is CCOC(O)C1CSC2=C(CC(C)(C)CC2NC2=CC=CCC2)N1. The standard InChI is InChI=1S/C19H30N2O2S/c1-4-23-18(22)16-12-24-17-14(20-13-8-6-5-7-9-13)10-19(2,3)11-15(17)21-16/h5-6,8,14,16,18,20-22H,4,7,9-12H2,1-3H3. The number of allylic oxidation sites excluding steroid dienone is 5. The molecule has 0 aromatic carbocycles. The second-order valence-corrected chi connectivity index (χ2v) is 8.71. The minimum atomic E-state index is -0.737. The third-order valence-corrected chi connectivity index (χ3v) is 6.23. The predicted molar refractivity (Wildman–Crippen MR) is 100 cm³/mol. The smallest absolute Gasteiger partial charge is 0.175 e. The minimum absolute atomic E-state index is 0.0277. The molecule has 2 aliphatic carbocycles. The summed E-state index contributed by atoms with van der Waals surface area (Å²) in [7, 11) is 0. The fourth-order valence-electron chi connectivity index (χ4n) is 3.75. The lowest BCUT2D eigenvalue weighted by Gasteiger charge is -2.44. The Balaban J connectivity index is 1.76. The van der Waals surface area contributed by atoms with Crippen molar-refractivity contribution in [3.63, 3.8) is 0 Å². The lowest BCUT2D eigenvalue weighted by atomic mass is 9.76. The van der Waals surface area contributed by atoms with E-state index in [4.69, 9.17) is 4.74 Å². The summed E-state index contributed by atoms with van der Waals surface area (Å²) in [6.07, 6.45) is 10.2. The van der Waals surface area contributed by atoms with Gasteiger partial charge in [0.1, 0.15) is 0 Å². The molecule has 3 aliphatic rings. The van der Waals surface area contributed by atoms with Gasteiger partial charge < -0.3 is 20.5 Å². The third-order valence-electron chi connectivity index (χ3n) is 4.86. The number of ether oxygens (including phenoxy) is 1. The van der Waals surface area contributed by atoms with Gasteiger partial charge in [0.05, 0.1) is 12.1 Å². The summed E-state index contributed by atoms with van der Waals surface area (Å²) in [5.41, 5.74) is 2.87. The van der Waals surface area contributed by atoms with Crippen LogP contribution >= 0.6 is 11.8 Å². The maximum absolute atomic E-state index is 10.2. The van der Waals surface area contributed by atoms with E-state index in [1.165, 1.54) is 16.3 Å². The Kier molecular flexibility index (Phi) is 5.63. The van der Waals surface area contributed by atoms with Gasteiger partial charge in [-0.2, -0.15) is 0 Å². The molecule has 3 unspecified atom stereocenters. The number of hydrogen-bond acceptors (Lipinski definition) is 5. The number of hydrogen-bond donors (Lipinski definition) is 3. The maximum atomic E-state index is 10.2. The molecule has 5 heteroatoms. The zero-order valence-corrected chi connectivity index (χ0v) is 15.8. The van der Waals surface area contributed by atoms with Crippen molar-refractivity contribution in [2.45, 2.75) is 64.8 Å². The lowest BCUT2D eigenvalue weighted by Crippen LogP contribution is -2.50. The second kappa shape index (κ2) is 7.54. The first-order valence-electron chi connectivity index (χ1n) is 9.03. The zero-order valence-electron chi connectivity index (χ0n) is 15.0. The van der Waals surface area contributed by atoms with Crippen molar-refractivity contribution in [1.82, 2.24) is 10.6 Å². The van der Waals surface area contributed by atoms with Crippen molar-refractivity contribution in [2.75, 3.05) is 12.4 Å². The highest BCUT2D eigenvalue weighted by Gasteiger charge is 2.38. The highest BCUT2D eigenvalue weighted by atomic mass is 32.2. The van der Waals surface area contributed by atoms with Gasteiger partial charge in [0, 0.05) is 28.7 Å². The van der Waals surface area contributed by atoms with Crippen molar-refractivity contribution >= 4 is 11.8 Å². The van der Waals surface area contributed by atoms with Crippen molar-refractivity contribution in [1.29, 1.82) is 0 Å². The lowest BCUT2D eigenvalue weighted by molar-refractivity contribution is -0.110. The molecular formula is C19H30N2O2S. The van der Waals surface area contributed by atoms with E-state index in [-0.39, 0.29) is 11.5 Å². The van der Waals surface area contributed by atoms with Crippen molar-refractivity contribution in [3.05, 3.63) is 34.5 Å². The molecule has 0 bridgehead atoms. The topological polar surface area (TPSA) is 53.5 Å². The Morgan fingerprint density at radius 1 is 1.50 bits per heavy atom. The van der Waals surface area contributed by atoms with Gasteiger partial charge in [0.25, 0.3) is 0 Å². The second-order valence-electron chi connectivity index (χ2n) is 7.65. The zero-order chi connectivity index (χ0) is 17.2. The fourth-order valence-corrected chi connectivity index (χ4v) is 5.01. The molecule has 3 atom stereocenters. The number of thioether (sulfide) groups is 1. The maximum Gasteiger partial charge on any atom is 0.175 e. The van der Waals surface area contributed by atoms with Crippen LogP contribution in [-0.4, -0.2) is 35.8 Å². The Labute approximate surface area is 149 Å². The molecule has 0 saturated heterocycles. The predicted octanol–water partition coefficient (Wildman–Crippen LogP) is 3.27. The number of aliphatic hydroxyl groups excluding tert-OH is 1. The first-order valence-corrected chi connectivity index (χ1v) is 10.0. The first-order chi connectivity index (χ1) is 11.5. The molecule has 3 N–H and O–H groups in total. The minimum Gasteiger partial charge on any atom is -0.381 e. The molecule has 4 nitrogen and oxygen atoms in total. The molecule has 0 spiro atoms. The van der Waals surface area contributed by atoms with Gasteiger partial charge in [0.15, 0.2) is 6.29 Å². The van der Waals surface area contributed by atoms with Gasteiger partial charge in [-0.3, -0.25) is 0 Å². The molecule has 0 amide bonds. The Morgan fingerprint density at radius 3 is 3.04 bits per heavy atom. The quantitative estimate of drug-likeness (QED) is 0.665. The van der Waals surface area contributed by atoms with Gasteiger partial charge >= 0.3 is 0 Å². The number of nitrogens with one attached hydrogen (secondary N) is 2. The van der Waals surface area contributed by atoms with E-state index in [0.717, 1.165) is 31.4 Å². The summed E-state index contributed by atoms with van der Waals surface area (Å²) in [6.45, 7) is 7.11. The van der Waals surface area contributed by atoms with Crippen LogP contribution < -0.4 is 10.6 Å². The van der Waals surface area contributed by atoms with Crippen LogP contribution in [0.1, 0.15) is 46.5 Å². The molecule has 0 radical (unpaired) electrons. The van der Waals surface area contributed by atoms with Crippen LogP contribution in [0.15, 0.2) is 34.5 Å². The van der Waals surface area contributed by atoms with E-state index in [2.05, 4.69) is 42.7 Å². The average molecular weight is 351 g/mol.